The summed E-state index contributed by atoms with van der Waals surface area (Å²) in [6.45, 7) is 0. The fourth-order valence-electron chi connectivity index (χ4n) is 3.15. The summed E-state index contributed by atoms with van der Waals surface area (Å²) in [6, 6.07) is 0. The molecular weight excluding hydrogens is 316 g/mol. The smallest absolute Gasteiger partial charge is 0.317 e. The first-order chi connectivity index (χ1) is 6.61. The first-order valence-corrected chi connectivity index (χ1v) is 6.48. The van der Waals surface area contributed by atoms with Gasteiger partial charge in [0.05, 0.1) is 11.8 Å². The quantitative estimate of drug-likeness (QED) is 0.385. The molecule has 0 aromatic heterocycles. The number of esters is 2. The van der Waals surface area contributed by atoms with Crippen LogP contribution in [-0.4, -0.2) is 21.6 Å². The maximum Gasteiger partial charge on any atom is 0.317 e. The van der Waals surface area contributed by atoms with Gasteiger partial charge in [-0.15, -0.1) is 0 Å². The van der Waals surface area contributed by atoms with Gasteiger partial charge in [0.25, 0.3) is 0 Å². The summed E-state index contributed by atoms with van der Waals surface area (Å²) in [5.41, 5.74) is 0. The number of carbonyl (C=O) groups is 2. The minimum atomic E-state index is -0.309. The van der Waals surface area contributed by atoms with E-state index in [0.29, 0.717) is 9.65 Å². The molecule has 0 aromatic rings. The van der Waals surface area contributed by atoms with Crippen molar-refractivity contribution in [2.75, 3.05) is 0 Å². The highest BCUT2D eigenvalue weighted by atomic mass is 79.9. The van der Waals surface area contributed by atoms with Crippen LogP contribution in [0.1, 0.15) is 6.42 Å². The van der Waals surface area contributed by atoms with Crippen molar-refractivity contribution in [1.82, 2.24) is 0 Å². The lowest BCUT2D eigenvalue weighted by molar-refractivity contribution is -0.154. The summed E-state index contributed by atoms with van der Waals surface area (Å²) < 4.78 is 4.69. The predicted molar refractivity (Wildman–Crippen MR) is 55.1 cm³/mol. The Morgan fingerprint density at radius 1 is 1.00 bits per heavy atom. The molecular formula is C9H8Br2O3. The third-order valence-corrected chi connectivity index (χ3v) is 6.93. The van der Waals surface area contributed by atoms with E-state index in [9.17, 15) is 9.59 Å². The normalized spacial score (nSPS) is 55.0. The summed E-state index contributed by atoms with van der Waals surface area (Å²) in [5, 5.41) is 0. The van der Waals surface area contributed by atoms with Crippen LogP contribution in [0.4, 0.5) is 0 Å². The number of rotatable bonds is 0. The fourth-order valence-corrected chi connectivity index (χ4v) is 5.02. The van der Waals surface area contributed by atoms with E-state index in [1.54, 1.807) is 0 Å². The highest BCUT2D eigenvalue weighted by Crippen LogP contribution is 2.59. The zero-order valence-electron chi connectivity index (χ0n) is 7.15. The maximum absolute atomic E-state index is 11.4. The molecule has 0 radical (unpaired) electrons. The highest BCUT2D eigenvalue weighted by Gasteiger charge is 2.65. The van der Waals surface area contributed by atoms with Crippen LogP contribution in [-0.2, 0) is 14.3 Å². The van der Waals surface area contributed by atoms with E-state index in [2.05, 4.69) is 36.6 Å². The van der Waals surface area contributed by atoms with Gasteiger partial charge in [-0.2, -0.15) is 0 Å². The molecule has 3 fully saturated rings. The SMILES string of the molecule is O=C1OC(=O)[C@H]2[C@H]3C[C@@H]([C@H](Br)[C@@H]3Br)[C@@H]12. The van der Waals surface area contributed by atoms with Crippen molar-refractivity contribution >= 4 is 43.8 Å². The van der Waals surface area contributed by atoms with Gasteiger partial charge in [0.2, 0.25) is 0 Å². The van der Waals surface area contributed by atoms with Gasteiger partial charge in [0.1, 0.15) is 0 Å². The van der Waals surface area contributed by atoms with E-state index >= 15 is 0 Å². The van der Waals surface area contributed by atoms with Crippen LogP contribution in [0.3, 0.4) is 0 Å². The Kier molecular flexibility index (Phi) is 1.88. The van der Waals surface area contributed by atoms with Crippen LogP contribution in [0.25, 0.3) is 0 Å². The number of ether oxygens (including phenoxy) is 1. The van der Waals surface area contributed by atoms with E-state index < -0.39 is 0 Å². The molecule has 3 nitrogen and oxygen atoms in total. The van der Waals surface area contributed by atoms with Crippen LogP contribution in [0.2, 0.25) is 0 Å². The molecule has 0 N–H and O–H groups in total. The van der Waals surface area contributed by atoms with Crippen molar-refractivity contribution in [3.8, 4) is 0 Å². The zero-order chi connectivity index (χ0) is 10.0. The lowest BCUT2D eigenvalue weighted by Gasteiger charge is -2.27. The van der Waals surface area contributed by atoms with Crippen LogP contribution in [0.5, 0.6) is 0 Å². The average Bonchev–Trinajstić information content (AvgIpc) is 2.71. The van der Waals surface area contributed by atoms with Crippen molar-refractivity contribution in [2.24, 2.45) is 23.7 Å². The molecule has 5 heteroatoms. The standard InChI is InChI=1S/C9H8Br2O3/c10-6-2-1-3(7(6)11)5-4(2)8(12)14-9(5)13/h2-7H,1H2/t2-,3-,4-,5+,6+,7-/m1/s1. The molecule has 0 amide bonds. The van der Waals surface area contributed by atoms with Crippen molar-refractivity contribution in [1.29, 1.82) is 0 Å². The summed E-state index contributed by atoms with van der Waals surface area (Å²) >= 11 is 7.16. The van der Waals surface area contributed by atoms with Gasteiger partial charge in [0, 0.05) is 9.65 Å². The molecule has 2 aliphatic carbocycles. The first-order valence-electron chi connectivity index (χ1n) is 4.65. The van der Waals surface area contributed by atoms with Gasteiger partial charge >= 0.3 is 11.9 Å². The lowest BCUT2D eigenvalue weighted by atomic mass is 9.81. The number of alkyl halides is 2. The van der Waals surface area contributed by atoms with Crippen LogP contribution in [0, 0.1) is 23.7 Å². The molecule has 0 spiro atoms. The molecule has 0 unspecified atom stereocenters. The van der Waals surface area contributed by atoms with E-state index in [0.717, 1.165) is 6.42 Å². The Morgan fingerprint density at radius 3 is 1.86 bits per heavy atom. The van der Waals surface area contributed by atoms with Crippen molar-refractivity contribution in [2.45, 2.75) is 16.1 Å². The Bertz CT molecular complexity index is 300. The van der Waals surface area contributed by atoms with Gasteiger partial charge in [-0.05, 0) is 18.3 Å². The molecule has 3 aliphatic rings. The van der Waals surface area contributed by atoms with Gasteiger partial charge in [-0.3, -0.25) is 9.59 Å². The number of fused-ring (bicyclic) bond motifs is 5. The molecule has 14 heavy (non-hydrogen) atoms. The minimum Gasteiger partial charge on any atom is -0.393 e. The van der Waals surface area contributed by atoms with Crippen molar-refractivity contribution in [3.05, 3.63) is 0 Å². The highest BCUT2D eigenvalue weighted by molar-refractivity contribution is 9.12. The number of halogens is 2. The largest absolute Gasteiger partial charge is 0.393 e. The number of cyclic esters (lactones) is 2. The molecule has 2 bridgehead atoms. The second kappa shape index (κ2) is 2.82. The van der Waals surface area contributed by atoms with Crippen LogP contribution in [0.15, 0.2) is 0 Å². The molecule has 1 aliphatic heterocycles. The van der Waals surface area contributed by atoms with E-state index in [1.807, 2.05) is 0 Å². The van der Waals surface area contributed by atoms with Gasteiger partial charge < -0.3 is 4.74 Å². The molecule has 6 atom stereocenters. The monoisotopic (exact) mass is 322 g/mol. The molecule has 1 heterocycles. The molecule has 2 saturated carbocycles. The molecule has 3 rings (SSSR count). The number of hydrogen-bond donors (Lipinski definition) is 0. The van der Waals surface area contributed by atoms with E-state index in [1.165, 1.54) is 0 Å². The minimum absolute atomic E-state index is 0.175. The third-order valence-electron chi connectivity index (χ3n) is 3.72. The summed E-state index contributed by atoms with van der Waals surface area (Å²) in [7, 11) is 0. The Hall–Kier alpha value is 0.1000. The lowest BCUT2D eigenvalue weighted by Crippen LogP contribution is -2.37. The van der Waals surface area contributed by atoms with Gasteiger partial charge in [-0.25, -0.2) is 0 Å². The maximum atomic E-state index is 11.4. The number of carbonyl (C=O) groups excluding carboxylic acids is 2. The Labute approximate surface area is 97.8 Å². The van der Waals surface area contributed by atoms with E-state index in [4.69, 9.17) is 0 Å². The fraction of sp³-hybridized carbons (Fsp3) is 0.778. The summed E-state index contributed by atoms with van der Waals surface area (Å²) in [5.74, 6) is -0.425. The van der Waals surface area contributed by atoms with Crippen LogP contribution >= 0.6 is 31.9 Å². The summed E-state index contributed by atoms with van der Waals surface area (Å²) in [6.07, 6.45) is 0.960. The van der Waals surface area contributed by atoms with Crippen molar-refractivity contribution < 1.29 is 14.3 Å². The third kappa shape index (κ3) is 0.927. The Balaban J connectivity index is 2.01. The Morgan fingerprint density at radius 2 is 1.43 bits per heavy atom. The first kappa shape index (κ1) is 9.33. The second-order valence-corrected chi connectivity index (χ2v) is 6.36. The average molecular weight is 324 g/mol. The zero-order valence-corrected chi connectivity index (χ0v) is 10.3. The van der Waals surface area contributed by atoms with Crippen molar-refractivity contribution in [3.63, 3.8) is 0 Å². The number of hydrogen-bond acceptors (Lipinski definition) is 3. The van der Waals surface area contributed by atoms with Gasteiger partial charge in [-0.1, -0.05) is 31.9 Å². The molecule has 1 saturated heterocycles. The topological polar surface area (TPSA) is 43.4 Å². The molecule has 76 valence electrons. The second-order valence-electron chi connectivity index (χ2n) is 4.24. The van der Waals surface area contributed by atoms with Gasteiger partial charge in [0.15, 0.2) is 0 Å². The predicted octanol–water partition coefficient (Wildman–Crippen LogP) is 1.48. The summed E-state index contributed by atoms with van der Waals surface area (Å²) in [4.78, 5) is 23.5. The van der Waals surface area contributed by atoms with E-state index in [-0.39, 0.29) is 35.6 Å². The molecule has 0 aromatic carbocycles. The van der Waals surface area contributed by atoms with Crippen LogP contribution < -0.4 is 0 Å².